The van der Waals surface area contributed by atoms with Gasteiger partial charge in [0, 0.05) is 31.1 Å². The van der Waals surface area contributed by atoms with E-state index in [0.29, 0.717) is 36.9 Å². The second-order valence-corrected chi connectivity index (χ2v) is 8.09. The summed E-state index contributed by atoms with van der Waals surface area (Å²) in [7, 11) is 1.60. The highest BCUT2D eigenvalue weighted by molar-refractivity contribution is 5.95. The van der Waals surface area contributed by atoms with Crippen LogP contribution in [0.2, 0.25) is 0 Å². The number of pyridine rings is 1. The van der Waals surface area contributed by atoms with E-state index in [0.717, 1.165) is 35.2 Å². The number of nitrogens with one attached hydrogen (secondary N) is 1. The van der Waals surface area contributed by atoms with Crippen LogP contribution in [-0.4, -0.2) is 45.0 Å². The molecule has 0 radical (unpaired) electrons. The second-order valence-electron chi connectivity index (χ2n) is 8.09. The maximum absolute atomic E-state index is 13.2. The van der Waals surface area contributed by atoms with Crippen molar-refractivity contribution >= 4 is 22.8 Å². The molecule has 29 heavy (non-hydrogen) atoms. The summed E-state index contributed by atoms with van der Waals surface area (Å²) in [5.41, 5.74) is 2.46. The Kier molecular flexibility index (Phi) is 3.97. The first-order valence-corrected chi connectivity index (χ1v) is 9.82. The lowest BCUT2D eigenvalue weighted by molar-refractivity contribution is 0.0721. The number of hydrogen-bond acceptors (Lipinski definition) is 7. The number of aromatic nitrogens is 3. The number of carbonyl (C=O) groups is 1. The zero-order chi connectivity index (χ0) is 20.2. The van der Waals surface area contributed by atoms with Gasteiger partial charge in [-0.1, -0.05) is 6.07 Å². The zero-order valence-electron chi connectivity index (χ0n) is 16.8. The molecular formula is C21H23N5O3. The van der Waals surface area contributed by atoms with Gasteiger partial charge < -0.3 is 19.4 Å². The third-order valence-electron chi connectivity index (χ3n) is 5.65. The second kappa shape index (κ2) is 6.43. The van der Waals surface area contributed by atoms with Gasteiger partial charge in [0.05, 0.1) is 18.2 Å². The van der Waals surface area contributed by atoms with Crippen molar-refractivity contribution in [3.05, 3.63) is 41.0 Å². The molecule has 1 saturated carbocycles. The molecule has 0 aromatic carbocycles. The van der Waals surface area contributed by atoms with E-state index in [1.54, 1.807) is 12.0 Å². The lowest BCUT2D eigenvalue weighted by Gasteiger charge is -2.28. The first kappa shape index (κ1) is 17.9. The number of fused-ring (bicyclic) bond motifs is 2. The highest BCUT2D eigenvalue weighted by Gasteiger charge is 2.38. The van der Waals surface area contributed by atoms with E-state index in [4.69, 9.17) is 9.15 Å². The number of ether oxygens (including phenoxy) is 1. The molecule has 3 aromatic rings. The number of aryl methyl sites for hydroxylation is 1. The normalized spacial score (nSPS) is 17.1. The summed E-state index contributed by atoms with van der Waals surface area (Å²) in [5.74, 6) is 1.96. The number of anilines is 1. The van der Waals surface area contributed by atoms with Crippen LogP contribution in [0.15, 0.2) is 22.6 Å². The zero-order valence-corrected chi connectivity index (χ0v) is 16.8. The fraction of sp³-hybridized carbons (Fsp3) is 0.429. The van der Waals surface area contributed by atoms with E-state index in [1.807, 2.05) is 25.1 Å². The van der Waals surface area contributed by atoms with Gasteiger partial charge in [-0.25, -0.2) is 9.97 Å². The fourth-order valence-electron chi connectivity index (χ4n) is 3.66. The van der Waals surface area contributed by atoms with Gasteiger partial charge in [-0.05, 0) is 38.3 Å². The third-order valence-corrected chi connectivity index (χ3v) is 5.65. The maximum atomic E-state index is 13.2. The van der Waals surface area contributed by atoms with E-state index in [-0.39, 0.29) is 17.3 Å². The van der Waals surface area contributed by atoms with Gasteiger partial charge in [0.2, 0.25) is 17.4 Å². The SMILES string of the molecule is COc1ccc2c(n1)CCN(C(=O)c1nc(NC3(C)CC3)c3cc(C)oc3n1)C2. The predicted octanol–water partition coefficient (Wildman–Crippen LogP) is 3.10. The predicted molar refractivity (Wildman–Crippen MR) is 107 cm³/mol. The Morgan fingerprint density at radius 1 is 1.28 bits per heavy atom. The highest BCUT2D eigenvalue weighted by atomic mass is 16.5. The van der Waals surface area contributed by atoms with Crippen molar-refractivity contribution in [1.82, 2.24) is 19.9 Å². The summed E-state index contributed by atoms with van der Waals surface area (Å²) < 4.78 is 10.9. The number of amides is 1. The molecule has 2 aliphatic rings. The van der Waals surface area contributed by atoms with Crippen LogP contribution in [-0.2, 0) is 13.0 Å². The molecule has 1 aliphatic carbocycles. The van der Waals surface area contributed by atoms with Crippen molar-refractivity contribution in [3.63, 3.8) is 0 Å². The van der Waals surface area contributed by atoms with Gasteiger partial charge >= 0.3 is 0 Å². The van der Waals surface area contributed by atoms with Crippen LogP contribution in [0, 0.1) is 6.92 Å². The molecule has 5 rings (SSSR count). The molecule has 0 spiro atoms. The average molecular weight is 393 g/mol. The van der Waals surface area contributed by atoms with Crippen LogP contribution in [0.1, 0.15) is 47.4 Å². The molecule has 150 valence electrons. The molecule has 1 aliphatic heterocycles. The van der Waals surface area contributed by atoms with Crippen molar-refractivity contribution in [2.24, 2.45) is 0 Å². The van der Waals surface area contributed by atoms with Crippen LogP contribution in [0.3, 0.4) is 0 Å². The van der Waals surface area contributed by atoms with Crippen LogP contribution in [0.4, 0.5) is 5.82 Å². The first-order valence-electron chi connectivity index (χ1n) is 9.82. The Balaban J connectivity index is 1.46. The van der Waals surface area contributed by atoms with Gasteiger partial charge in [-0.3, -0.25) is 4.79 Å². The van der Waals surface area contributed by atoms with Gasteiger partial charge in [-0.2, -0.15) is 4.98 Å². The molecule has 8 nitrogen and oxygen atoms in total. The average Bonchev–Trinajstić information content (AvgIpc) is 3.32. The van der Waals surface area contributed by atoms with Crippen molar-refractivity contribution < 1.29 is 13.9 Å². The van der Waals surface area contributed by atoms with Gasteiger partial charge in [0.25, 0.3) is 5.91 Å². The van der Waals surface area contributed by atoms with E-state index in [1.165, 1.54) is 0 Å². The van der Waals surface area contributed by atoms with E-state index >= 15 is 0 Å². The standard InChI is InChI=1S/C21H23N5O3/c1-12-10-14-17(25-21(2)7-8-21)23-18(24-19(14)29-12)20(27)26-9-6-15-13(11-26)4-5-16(22-15)28-3/h4-5,10H,6-9,11H2,1-3H3,(H,23,24,25). The largest absolute Gasteiger partial charge is 0.481 e. The lowest BCUT2D eigenvalue weighted by atomic mass is 10.1. The molecule has 0 saturated heterocycles. The highest BCUT2D eigenvalue weighted by Crippen LogP contribution is 2.39. The maximum Gasteiger partial charge on any atom is 0.292 e. The van der Waals surface area contributed by atoms with Gasteiger partial charge in [-0.15, -0.1) is 0 Å². The minimum absolute atomic E-state index is 0.0293. The third kappa shape index (κ3) is 3.28. The Labute approximate surface area is 168 Å². The van der Waals surface area contributed by atoms with E-state index in [2.05, 4.69) is 27.2 Å². The first-order chi connectivity index (χ1) is 13.9. The number of carbonyl (C=O) groups excluding carboxylic acids is 1. The molecule has 0 unspecified atom stereocenters. The molecule has 8 heteroatoms. The molecule has 4 heterocycles. The Hall–Kier alpha value is -3.16. The molecule has 1 fully saturated rings. The summed E-state index contributed by atoms with van der Waals surface area (Å²) >= 11 is 0. The molecule has 0 bridgehead atoms. The van der Waals surface area contributed by atoms with Gasteiger partial charge in [0.15, 0.2) is 0 Å². The molecule has 3 aromatic heterocycles. The molecule has 1 N–H and O–H groups in total. The number of furan rings is 1. The monoisotopic (exact) mass is 393 g/mol. The molecular weight excluding hydrogens is 370 g/mol. The summed E-state index contributed by atoms with van der Waals surface area (Å²) in [5, 5.41) is 4.28. The Morgan fingerprint density at radius 3 is 2.86 bits per heavy atom. The van der Waals surface area contributed by atoms with Crippen molar-refractivity contribution in [3.8, 4) is 5.88 Å². The van der Waals surface area contributed by atoms with Crippen LogP contribution in [0.25, 0.3) is 11.1 Å². The summed E-state index contributed by atoms with van der Waals surface area (Å²) in [6.07, 6.45) is 2.83. The molecule has 1 amide bonds. The smallest absolute Gasteiger partial charge is 0.292 e. The quantitative estimate of drug-likeness (QED) is 0.728. The summed E-state index contributed by atoms with van der Waals surface area (Å²) in [6, 6.07) is 5.69. The van der Waals surface area contributed by atoms with Crippen molar-refractivity contribution in [1.29, 1.82) is 0 Å². The van der Waals surface area contributed by atoms with Crippen LogP contribution < -0.4 is 10.1 Å². The van der Waals surface area contributed by atoms with E-state index in [9.17, 15) is 4.79 Å². The van der Waals surface area contributed by atoms with E-state index < -0.39 is 0 Å². The fourth-order valence-corrected chi connectivity index (χ4v) is 3.66. The Morgan fingerprint density at radius 2 is 2.10 bits per heavy atom. The topological polar surface area (TPSA) is 93.4 Å². The van der Waals surface area contributed by atoms with Crippen molar-refractivity contribution in [2.45, 2.75) is 45.2 Å². The lowest BCUT2D eigenvalue weighted by Crippen LogP contribution is -2.37. The minimum atomic E-state index is -0.202. The number of nitrogens with zero attached hydrogens (tertiary/aromatic N) is 4. The summed E-state index contributed by atoms with van der Waals surface area (Å²) in [4.78, 5) is 28.5. The number of methoxy groups -OCH3 is 1. The number of rotatable bonds is 4. The molecule has 0 atom stereocenters. The summed E-state index contributed by atoms with van der Waals surface area (Å²) in [6.45, 7) is 5.06. The van der Waals surface area contributed by atoms with Crippen LogP contribution in [0.5, 0.6) is 5.88 Å². The minimum Gasteiger partial charge on any atom is -0.481 e. The number of hydrogen-bond donors (Lipinski definition) is 1. The van der Waals surface area contributed by atoms with Crippen molar-refractivity contribution in [2.75, 3.05) is 19.0 Å². The van der Waals surface area contributed by atoms with Crippen LogP contribution >= 0.6 is 0 Å². The van der Waals surface area contributed by atoms with Gasteiger partial charge in [0.1, 0.15) is 11.6 Å². The Bertz CT molecular complexity index is 1120.